The lowest BCUT2D eigenvalue weighted by molar-refractivity contribution is -0.384. The molecule has 2 N–H and O–H groups in total. The highest BCUT2D eigenvalue weighted by Crippen LogP contribution is 2.12. The highest BCUT2D eigenvalue weighted by molar-refractivity contribution is 5.88. The second-order valence-corrected chi connectivity index (χ2v) is 4.10. The van der Waals surface area contributed by atoms with E-state index >= 15 is 0 Å². The number of aromatic carboxylic acids is 1. The minimum atomic E-state index is -0.998. The summed E-state index contributed by atoms with van der Waals surface area (Å²) in [5.41, 5.74) is 4.08. The van der Waals surface area contributed by atoms with Gasteiger partial charge in [-0.15, -0.1) is 0 Å². The number of rotatable bonds is 5. The Morgan fingerprint density at radius 2 is 1.95 bits per heavy atom. The van der Waals surface area contributed by atoms with E-state index < -0.39 is 10.9 Å². The van der Waals surface area contributed by atoms with Crippen molar-refractivity contribution in [3.63, 3.8) is 0 Å². The third kappa shape index (κ3) is 3.87. The molecule has 0 saturated heterocycles. The van der Waals surface area contributed by atoms with Gasteiger partial charge in [-0.3, -0.25) is 15.5 Å². The van der Waals surface area contributed by atoms with Crippen LogP contribution in [0.3, 0.4) is 0 Å². The summed E-state index contributed by atoms with van der Waals surface area (Å²) >= 11 is 0. The minimum Gasteiger partial charge on any atom is -0.478 e. The van der Waals surface area contributed by atoms with Crippen LogP contribution in [0.15, 0.2) is 53.6 Å². The fourth-order valence-electron chi connectivity index (χ4n) is 1.59. The van der Waals surface area contributed by atoms with Crippen molar-refractivity contribution in [1.82, 2.24) is 0 Å². The molecule has 0 aromatic heterocycles. The summed E-state index contributed by atoms with van der Waals surface area (Å²) in [6.07, 6.45) is 1.44. The normalized spacial score (nSPS) is 10.5. The Bertz CT molecular complexity index is 696. The number of hydrazone groups is 1. The van der Waals surface area contributed by atoms with E-state index in [2.05, 4.69) is 10.5 Å². The standard InChI is InChI=1S/C14H11N3O4/c18-14(19)11-4-6-12(7-5-11)16-15-9-10-2-1-3-13(8-10)17(20)21/h1-9,16H,(H,18,19)/b15-9+. The van der Waals surface area contributed by atoms with Crippen LogP contribution in [0.1, 0.15) is 15.9 Å². The zero-order valence-corrected chi connectivity index (χ0v) is 10.8. The van der Waals surface area contributed by atoms with Gasteiger partial charge in [-0.05, 0) is 24.3 Å². The van der Waals surface area contributed by atoms with Gasteiger partial charge in [0.15, 0.2) is 0 Å². The molecule has 21 heavy (non-hydrogen) atoms. The molecule has 2 aromatic rings. The van der Waals surface area contributed by atoms with Crippen molar-refractivity contribution in [1.29, 1.82) is 0 Å². The molecule has 0 spiro atoms. The van der Waals surface area contributed by atoms with E-state index in [1.165, 1.54) is 30.5 Å². The van der Waals surface area contributed by atoms with Crippen LogP contribution in [0.4, 0.5) is 11.4 Å². The molecule has 0 atom stereocenters. The maximum absolute atomic E-state index is 10.7. The van der Waals surface area contributed by atoms with Gasteiger partial charge in [-0.1, -0.05) is 12.1 Å². The second kappa shape index (κ2) is 6.29. The van der Waals surface area contributed by atoms with Crippen LogP contribution in [-0.2, 0) is 0 Å². The third-order valence-electron chi connectivity index (χ3n) is 2.62. The summed E-state index contributed by atoms with van der Waals surface area (Å²) in [7, 11) is 0. The molecular formula is C14H11N3O4. The number of carboxylic acid groups (broad SMARTS) is 1. The molecule has 0 bridgehead atoms. The number of nitro groups is 1. The molecule has 2 aromatic carbocycles. The molecule has 7 nitrogen and oxygen atoms in total. The van der Waals surface area contributed by atoms with E-state index in [9.17, 15) is 14.9 Å². The van der Waals surface area contributed by atoms with E-state index in [1.807, 2.05) is 0 Å². The van der Waals surface area contributed by atoms with E-state index in [4.69, 9.17) is 5.11 Å². The minimum absolute atomic E-state index is 0.00948. The molecule has 0 heterocycles. The second-order valence-electron chi connectivity index (χ2n) is 4.10. The average Bonchev–Trinajstić information content (AvgIpc) is 2.48. The number of nitrogens with zero attached hydrogens (tertiary/aromatic N) is 2. The highest BCUT2D eigenvalue weighted by atomic mass is 16.6. The summed E-state index contributed by atoms with van der Waals surface area (Å²) in [6.45, 7) is 0. The maximum Gasteiger partial charge on any atom is 0.335 e. The molecule has 0 radical (unpaired) electrons. The van der Waals surface area contributed by atoms with Gasteiger partial charge in [0.2, 0.25) is 0 Å². The lowest BCUT2D eigenvalue weighted by Crippen LogP contribution is -1.96. The summed E-state index contributed by atoms with van der Waals surface area (Å²) in [5.74, 6) is -0.998. The fourth-order valence-corrected chi connectivity index (χ4v) is 1.59. The summed E-state index contributed by atoms with van der Waals surface area (Å²) in [4.78, 5) is 20.8. The molecule has 0 amide bonds. The first kappa shape index (κ1) is 14.2. The topological polar surface area (TPSA) is 105 Å². The number of benzene rings is 2. The molecule has 0 aliphatic heterocycles. The molecule has 0 fully saturated rings. The lowest BCUT2D eigenvalue weighted by atomic mass is 10.2. The van der Waals surface area contributed by atoms with Gasteiger partial charge in [0.05, 0.1) is 22.4 Å². The largest absolute Gasteiger partial charge is 0.478 e. The van der Waals surface area contributed by atoms with Crippen molar-refractivity contribution in [2.45, 2.75) is 0 Å². The Hall–Kier alpha value is -3.22. The van der Waals surface area contributed by atoms with Crippen molar-refractivity contribution >= 4 is 23.6 Å². The Balaban J connectivity index is 2.03. The zero-order chi connectivity index (χ0) is 15.2. The molecule has 106 valence electrons. The van der Waals surface area contributed by atoms with Crippen molar-refractivity contribution in [2.75, 3.05) is 5.43 Å². The van der Waals surface area contributed by atoms with Gasteiger partial charge >= 0.3 is 5.97 Å². The van der Waals surface area contributed by atoms with Crippen LogP contribution >= 0.6 is 0 Å². The first-order valence-electron chi connectivity index (χ1n) is 5.93. The van der Waals surface area contributed by atoms with Gasteiger partial charge in [-0.2, -0.15) is 5.10 Å². The number of nitro benzene ring substituents is 1. The number of carbonyl (C=O) groups is 1. The van der Waals surface area contributed by atoms with Crippen molar-refractivity contribution in [3.05, 3.63) is 69.8 Å². The number of carboxylic acids is 1. The maximum atomic E-state index is 10.7. The van der Waals surface area contributed by atoms with Crippen LogP contribution in [0.5, 0.6) is 0 Å². The van der Waals surface area contributed by atoms with Crippen LogP contribution in [-0.4, -0.2) is 22.2 Å². The number of hydrogen-bond acceptors (Lipinski definition) is 5. The van der Waals surface area contributed by atoms with Gasteiger partial charge < -0.3 is 5.11 Å². The first-order valence-corrected chi connectivity index (χ1v) is 5.93. The van der Waals surface area contributed by atoms with Crippen LogP contribution in [0.25, 0.3) is 0 Å². The summed E-state index contributed by atoms with van der Waals surface area (Å²) in [6, 6.07) is 12.1. The van der Waals surface area contributed by atoms with Crippen LogP contribution < -0.4 is 5.43 Å². The van der Waals surface area contributed by atoms with E-state index in [-0.39, 0.29) is 11.3 Å². The van der Waals surface area contributed by atoms with Gasteiger partial charge in [0, 0.05) is 17.7 Å². The Morgan fingerprint density at radius 3 is 2.57 bits per heavy atom. The average molecular weight is 285 g/mol. The molecule has 0 aliphatic carbocycles. The van der Waals surface area contributed by atoms with Gasteiger partial charge in [0.25, 0.3) is 5.69 Å². The Labute approximate surface area is 119 Å². The van der Waals surface area contributed by atoms with Crippen LogP contribution in [0, 0.1) is 10.1 Å². The number of anilines is 1. The molecule has 7 heteroatoms. The Morgan fingerprint density at radius 1 is 1.24 bits per heavy atom. The molecular weight excluding hydrogens is 274 g/mol. The van der Waals surface area contributed by atoms with Crippen molar-refractivity contribution < 1.29 is 14.8 Å². The number of nitrogens with one attached hydrogen (secondary N) is 1. The van der Waals surface area contributed by atoms with Crippen molar-refractivity contribution in [2.24, 2.45) is 5.10 Å². The van der Waals surface area contributed by atoms with Gasteiger partial charge in [0.1, 0.15) is 0 Å². The molecule has 0 unspecified atom stereocenters. The predicted octanol–water partition coefficient (Wildman–Crippen LogP) is 2.74. The van der Waals surface area contributed by atoms with Crippen LogP contribution in [0.2, 0.25) is 0 Å². The molecule has 0 aliphatic rings. The first-order chi connectivity index (χ1) is 10.1. The van der Waals surface area contributed by atoms with E-state index in [0.29, 0.717) is 11.3 Å². The van der Waals surface area contributed by atoms with Gasteiger partial charge in [-0.25, -0.2) is 4.79 Å². The number of hydrogen-bond donors (Lipinski definition) is 2. The summed E-state index contributed by atoms with van der Waals surface area (Å²) < 4.78 is 0. The molecule has 0 saturated carbocycles. The third-order valence-corrected chi connectivity index (χ3v) is 2.62. The highest BCUT2D eigenvalue weighted by Gasteiger charge is 2.04. The Kier molecular flexibility index (Phi) is 4.25. The van der Waals surface area contributed by atoms with Crippen molar-refractivity contribution in [3.8, 4) is 0 Å². The quantitative estimate of drug-likeness (QED) is 0.499. The zero-order valence-electron chi connectivity index (χ0n) is 10.8. The monoisotopic (exact) mass is 285 g/mol. The number of non-ortho nitro benzene ring substituents is 1. The lowest BCUT2D eigenvalue weighted by Gasteiger charge is -2.00. The fraction of sp³-hybridized carbons (Fsp3) is 0. The van der Waals surface area contributed by atoms with E-state index in [1.54, 1.807) is 24.3 Å². The molecule has 2 rings (SSSR count). The van der Waals surface area contributed by atoms with E-state index in [0.717, 1.165) is 0 Å². The summed E-state index contributed by atoms with van der Waals surface area (Å²) in [5, 5.41) is 23.3. The predicted molar refractivity (Wildman–Crippen MR) is 77.7 cm³/mol. The SMILES string of the molecule is O=C(O)c1ccc(N/N=C/c2cccc([N+](=O)[O-])c2)cc1. The smallest absolute Gasteiger partial charge is 0.335 e.